The third-order valence-corrected chi connectivity index (χ3v) is 4.36. The van der Waals surface area contributed by atoms with E-state index in [-0.39, 0.29) is 16.6 Å². The van der Waals surface area contributed by atoms with Crippen LogP contribution in [0.15, 0.2) is 51.0 Å². The predicted octanol–water partition coefficient (Wildman–Crippen LogP) is 8.44. The zero-order chi connectivity index (χ0) is 35.1. The Morgan fingerprint density at radius 1 is 0.795 bits per heavy atom. The van der Waals surface area contributed by atoms with Crippen LogP contribution in [0.25, 0.3) is 0 Å². The van der Waals surface area contributed by atoms with Crippen molar-refractivity contribution in [2.45, 2.75) is 83.2 Å². The van der Waals surface area contributed by atoms with Gasteiger partial charge in [-0.1, -0.05) is 53.0 Å². The van der Waals surface area contributed by atoms with Crippen molar-refractivity contribution in [3.8, 4) is 0 Å². The molecule has 0 amide bonds. The number of alkyl halides is 10. The Morgan fingerprint density at radius 3 is 1.52 bits per heavy atom. The molecule has 0 aliphatic carbocycles. The molecule has 6 nitrogen and oxygen atoms in total. The number of esters is 2. The Bertz CT molecular complexity index is 901. The van der Waals surface area contributed by atoms with Crippen LogP contribution in [0.4, 0.5) is 48.6 Å². The van der Waals surface area contributed by atoms with Crippen molar-refractivity contribution in [3.63, 3.8) is 0 Å². The molecule has 0 aliphatic rings. The molecule has 44 heavy (non-hydrogen) atoms. The Labute approximate surface area is 248 Å². The van der Waals surface area contributed by atoms with E-state index in [1.807, 2.05) is 6.92 Å². The molecule has 0 aromatic heterocycles. The molecule has 1 unspecified atom stereocenters. The van der Waals surface area contributed by atoms with Crippen molar-refractivity contribution < 1.29 is 77.3 Å². The number of rotatable bonds is 15. The van der Waals surface area contributed by atoms with E-state index in [0.717, 1.165) is 19.1 Å². The van der Waals surface area contributed by atoms with E-state index in [4.69, 9.17) is 0 Å². The van der Waals surface area contributed by atoms with Crippen molar-refractivity contribution in [2.75, 3.05) is 6.67 Å². The number of ketones is 2. The molecule has 1 atom stereocenters. The van der Waals surface area contributed by atoms with Crippen LogP contribution < -0.4 is 0 Å². The molecule has 0 saturated carbocycles. The standard InChI is InChI=1S/C9H9F7O.C9H16O2.C5H5F3O.C4H6O2.FH/c1-2-6(17)3-4-7(11,12)9(15,16)8(13,14)5-10;1-4-6-8(3)7-9(10)11-5-2;1-2-4(9)3-5(6,7)8;1-3-6-4(2)5;/h2H,1,3-5H2;5,8H,2,4,6-7H2,1,3H3;2H,1,3H2;3H,1H2,2H3;1H. The highest BCUT2D eigenvalue weighted by atomic mass is 19.4. The number of hydrogen-bond acceptors (Lipinski definition) is 6. The van der Waals surface area contributed by atoms with E-state index in [1.165, 1.54) is 13.2 Å². The summed E-state index contributed by atoms with van der Waals surface area (Å²) >= 11 is 0. The summed E-state index contributed by atoms with van der Waals surface area (Å²) in [5, 5.41) is 0. The molecular weight excluding hydrogens is 629 g/mol. The van der Waals surface area contributed by atoms with E-state index in [9.17, 15) is 63.1 Å². The fraction of sp³-hybridized carbons (Fsp3) is 0.556. The van der Waals surface area contributed by atoms with Crippen molar-refractivity contribution >= 4 is 23.5 Å². The van der Waals surface area contributed by atoms with Gasteiger partial charge in [-0.15, -0.1) is 0 Å². The minimum absolute atomic E-state index is 0. The average Bonchev–Trinajstić information content (AvgIpc) is 2.87. The largest absolute Gasteiger partial charge is 0.435 e. The second kappa shape index (κ2) is 24.9. The predicted molar refractivity (Wildman–Crippen MR) is 141 cm³/mol. The zero-order valence-electron chi connectivity index (χ0n) is 24.3. The van der Waals surface area contributed by atoms with Gasteiger partial charge in [-0.3, -0.25) is 23.9 Å². The number of halogens is 11. The first kappa shape index (κ1) is 50.1. The Balaban J connectivity index is -0.000000163. The number of allylic oxidation sites excluding steroid dienone is 2. The Hall–Kier alpha value is -3.53. The quantitative estimate of drug-likeness (QED) is 0.0755. The van der Waals surface area contributed by atoms with Gasteiger partial charge in [-0.25, -0.2) is 4.39 Å². The summed E-state index contributed by atoms with van der Waals surface area (Å²) in [5.74, 6) is -18.6. The molecular formula is C27H37F11O6. The SMILES string of the molecule is C=CC(=O)CC(F)(F)F.C=CC(=O)CCC(F)(F)C(F)(F)C(F)(F)CF.C=COC(=O)CC(C)CCC.C=COC(C)=O.F. The monoisotopic (exact) mass is 666 g/mol. The third-order valence-electron chi connectivity index (χ3n) is 4.36. The van der Waals surface area contributed by atoms with Crippen LogP contribution >= 0.6 is 0 Å². The summed E-state index contributed by atoms with van der Waals surface area (Å²) in [6.45, 7) is 14.8. The van der Waals surface area contributed by atoms with Gasteiger partial charge in [0.2, 0.25) is 0 Å². The lowest BCUT2D eigenvalue weighted by Crippen LogP contribution is -2.55. The maximum absolute atomic E-state index is 12.8. The molecule has 17 heteroatoms. The molecule has 258 valence electrons. The Kier molecular flexibility index (Phi) is 28.3. The molecule has 0 rings (SSSR count). The van der Waals surface area contributed by atoms with Crippen LogP contribution in [0, 0.1) is 5.92 Å². The van der Waals surface area contributed by atoms with E-state index >= 15 is 0 Å². The van der Waals surface area contributed by atoms with Crippen molar-refractivity contribution in [1.29, 1.82) is 0 Å². The molecule has 0 N–H and O–H groups in total. The smallest absolute Gasteiger partial charge is 0.396 e. The van der Waals surface area contributed by atoms with Crippen LogP contribution in [0.3, 0.4) is 0 Å². The molecule has 0 fully saturated rings. The number of hydrogen-bond donors (Lipinski definition) is 0. The molecule has 0 spiro atoms. The topological polar surface area (TPSA) is 86.7 Å². The van der Waals surface area contributed by atoms with E-state index < -0.39 is 61.4 Å². The second-order valence-corrected chi connectivity index (χ2v) is 8.28. The summed E-state index contributed by atoms with van der Waals surface area (Å²) in [4.78, 5) is 41.1. The van der Waals surface area contributed by atoms with Gasteiger partial charge in [0.1, 0.15) is 6.42 Å². The average molecular weight is 667 g/mol. The zero-order valence-corrected chi connectivity index (χ0v) is 24.3. The van der Waals surface area contributed by atoms with Crippen molar-refractivity contribution in [1.82, 2.24) is 0 Å². The molecule has 0 radical (unpaired) electrons. The summed E-state index contributed by atoms with van der Waals surface area (Å²) in [6.07, 6.45) is -2.45. The van der Waals surface area contributed by atoms with Crippen molar-refractivity contribution in [3.05, 3.63) is 51.0 Å². The summed E-state index contributed by atoms with van der Waals surface area (Å²) in [6, 6.07) is 0. The summed E-state index contributed by atoms with van der Waals surface area (Å²) < 4.78 is 130. The fourth-order valence-corrected chi connectivity index (χ4v) is 2.30. The van der Waals surface area contributed by atoms with Crippen LogP contribution in [-0.4, -0.2) is 54.1 Å². The van der Waals surface area contributed by atoms with Gasteiger partial charge in [-0.2, -0.15) is 39.5 Å². The fourth-order valence-electron chi connectivity index (χ4n) is 2.30. The molecule has 0 heterocycles. The highest BCUT2D eigenvalue weighted by molar-refractivity contribution is 5.89. The maximum Gasteiger partial charge on any atom is 0.396 e. The van der Waals surface area contributed by atoms with Gasteiger partial charge in [0.15, 0.2) is 18.2 Å². The van der Waals surface area contributed by atoms with Crippen LogP contribution in [0.5, 0.6) is 0 Å². The lowest BCUT2D eigenvalue weighted by molar-refractivity contribution is -0.313. The molecule has 0 aromatic rings. The first-order valence-electron chi connectivity index (χ1n) is 12.1. The summed E-state index contributed by atoms with van der Waals surface area (Å²) in [7, 11) is 0. The molecule has 0 saturated heterocycles. The maximum atomic E-state index is 12.8. The minimum atomic E-state index is -5.85. The first-order chi connectivity index (χ1) is 19.4. The summed E-state index contributed by atoms with van der Waals surface area (Å²) in [5.41, 5.74) is 0. The van der Waals surface area contributed by atoms with Crippen LogP contribution in [0.2, 0.25) is 0 Å². The van der Waals surface area contributed by atoms with Gasteiger partial charge >= 0.3 is 35.9 Å². The lowest BCUT2D eigenvalue weighted by Gasteiger charge is -2.31. The molecule has 0 aromatic carbocycles. The third kappa shape index (κ3) is 26.1. The molecule has 0 bridgehead atoms. The normalized spacial score (nSPS) is 11.5. The molecule has 0 aliphatic heterocycles. The van der Waals surface area contributed by atoms with Crippen LogP contribution in [-0.2, 0) is 28.7 Å². The van der Waals surface area contributed by atoms with Gasteiger partial charge in [0, 0.05) is 26.2 Å². The van der Waals surface area contributed by atoms with Gasteiger partial charge in [0.05, 0.1) is 12.5 Å². The van der Waals surface area contributed by atoms with E-state index in [2.05, 4.69) is 42.7 Å². The lowest BCUT2D eigenvalue weighted by atomic mass is 9.99. The van der Waals surface area contributed by atoms with E-state index in [0.29, 0.717) is 24.5 Å². The number of carbonyl (C=O) groups is 4. The number of ether oxygens (including phenoxy) is 2. The van der Waals surface area contributed by atoms with Crippen LogP contribution in [0.1, 0.15) is 59.3 Å². The van der Waals surface area contributed by atoms with Crippen molar-refractivity contribution in [2.24, 2.45) is 5.92 Å². The van der Waals surface area contributed by atoms with Gasteiger partial charge < -0.3 is 9.47 Å². The Morgan fingerprint density at radius 2 is 1.25 bits per heavy atom. The highest BCUT2D eigenvalue weighted by Gasteiger charge is 2.71. The van der Waals surface area contributed by atoms with Gasteiger partial charge in [-0.05, 0) is 18.1 Å². The minimum Gasteiger partial charge on any atom is -0.435 e. The highest BCUT2D eigenvalue weighted by Crippen LogP contribution is 2.47. The van der Waals surface area contributed by atoms with E-state index in [1.54, 1.807) is 0 Å². The van der Waals surface area contributed by atoms with Gasteiger partial charge in [0.25, 0.3) is 0 Å². The number of carbonyl (C=O) groups excluding carboxylic acids is 4. The second-order valence-electron chi connectivity index (χ2n) is 8.28. The first-order valence-corrected chi connectivity index (χ1v) is 12.1.